The number of amides is 1. The number of rotatable bonds is 1. The van der Waals surface area contributed by atoms with Crippen LogP contribution in [0.4, 0.5) is 11.4 Å². The summed E-state index contributed by atoms with van der Waals surface area (Å²) in [6, 6.07) is 11.4. The summed E-state index contributed by atoms with van der Waals surface area (Å²) in [4.78, 5) is 16.7. The number of aliphatic imine (C=N–C) groups is 1. The van der Waals surface area contributed by atoms with Crippen LogP contribution in [0.1, 0.15) is 16.7 Å². The van der Waals surface area contributed by atoms with Gasteiger partial charge in [0.2, 0.25) is 0 Å². The summed E-state index contributed by atoms with van der Waals surface area (Å²) < 4.78 is 0. The van der Waals surface area contributed by atoms with E-state index in [1.54, 1.807) is 6.07 Å². The van der Waals surface area contributed by atoms with Crippen LogP contribution in [-0.2, 0) is 4.79 Å². The molecule has 2 aromatic carbocycles. The van der Waals surface area contributed by atoms with Crippen molar-refractivity contribution >= 4 is 34.6 Å². The van der Waals surface area contributed by atoms with Crippen molar-refractivity contribution in [3.8, 4) is 0 Å². The average Bonchev–Trinajstić information content (AvgIpc) is 2.72. The summed E-state index contributed by atoms with van der Waals surface area (Å²) in [6.07, 6.45) is 0. The number of aryl methyl sites for hydroxylation is 2. The van der Waals surface area contributed by atoms with Gasteiger partial charge in [-0.1, -0.05) is 41.9 Å². The van der Waals surface area contributed by atoms with Crippen molar-refractivity contribution in [1.29, 1.82) is 0 Å². The Morgan fingerprint density at radius 3 is 2.40 bits per heavy atom. The fraction of sp³-hybridized carbons (Fsp3) is 0.125. The first-order valence-corrected chi connectivity index (χ1v) is 6.71. The number of anilines is 1. The van der Waals surface area contributed by atoms with E-state index in [-0.39, 0.29) is 5.91 Å². The topological polar surface area (TPSA) is 41.5 Å². The second-order valence-corrected chi connectivity index (χ2v) is 5.22. The minimum absolute atomic E-state index is 0.212. The van der Waals surface area contributed by atoms with Crippen LogP contribution in [0, 0.1) is 13.8 Å². The van der Waals surface area contributed by atoms with Crippen molar-refractivity contribution in [2.75, 3.05) is 5.32 Å². The Hall–Kier alpha value is -2.13. The maximum atomic E-state index is 12.1. The average molecular weight is 285 g/mol. The molecule has 0 atom stereocenters. The molecule has 20 heavy (non-hydrogen) atoms. The number of carbonyl (C=O) groups is 1. The molecular weight excluding hydrogens is 272 g/mol. The van der Waals surface area contributed by atoms with E-state index >= 15 is 0 Å². The van der Waals surface area contributed by atoms with Crippen LogP contribution in [0.3, 0.4) is 0 Å². The zero-order chi connectivity index (χ0) is 14.3. The summed E-state index contributed by atoms with van der Waals surface area (Å²) in [6.45, 7) is 3.97. The van der Waals surface area contributed by atoms with Gasteiger partial charge in [0.05, 0.1) is 16.4 Å². The minimum Gasteiger partial charge on any atom is -0.319 e. The van der Waals surface area contributed by atoms with Crippen LogP contribution < -0.4 is 5.32 Å². The molecule has 4 heteroatoms. The molecule has 0 radical (unpaired) electrons. The van der Waals surface area contributed by atoms with Gasteiger partial charge in [0.1, 0.15) is 5.71 Å². The number of hydrogen-bond acceptors (Lipinski definition) is 2. The summed E-state index contributed by atoms with van der Waals surface area (Å²) in [7, 11) is 0. The quantitative estimate of drug-likeness (QED) is 0.844. The Kier molecular flexibility index (Phi) is 3.07. The fourth-order valence-corrected chi connectivity index (χ4v) is 2.57. The van der Waals surface area contributed by atoms with E-state index in [0.717, 1.165) is 22.4 Å². The zero-order valence-corrected chi connectivity index (χ0v) is 12.0. The van der Waals surface area contributed by atoms with Crippen LogP contribution in [-0.4, -0.2) is 11.6 Å². The summed E-state index contributed by atoms with van der Waals surface area (Å²) >= 11 is 6.10. The summed E-state index contributed by atoms with van der Waals surface area (Å²) in [5.74, 6) is -0.212. The third kappa shape index (κ3) is 2.00. The highest BCUT2D eigenvalue weighted by Gasteiger charge is 2.27. The zero-order valence-electron chi connectivity index (χ0n) is 11.2. The predicted octanol–water partition coefficient (Wildman–Crippen LogP) is 4.03. The Morgan fingerprint density at radius 2 is 1.70 bits per heavy atom. The predicted molar refractivity (Wildman–Crippen MR) is 82.2 cm³/mol. The van der Waals surface area contributed by atoms with Gasteiger partial charge in [-0.3, -0.25) is 4.79 Å². The number of carbonyl (C=O) groups excluding carboxylic acids is 1. The van der Waals surface area contributed by atoms with Crippen molar-refractivity contribution in [2.45, 2.75) is 13.8 Å². The number of para-hydroxylation sites is 2. The molecule has 1 aliphatic rings. The fourth-order valence-electron chi connectivity index (χ4n) is 2.35. The molecule has 1 N–H and O–H groups in total. The van der Waals surface area contributed by atoms with Crippen molar-refractivity contribution in [3.05, 3.63) is 58.1 Å². The van der Waals surface area contributed by atoms with Gasteiger partial charge in [-0.2, -0.15) is 0 Å². The molecule has 0 fully saturated rings. The highest BCUT2D eigenvalue weighted by atomic mass is 35.5. The number of fused-ring (bicyclic) bond motifs is 1. The van der Waals surface area contributed by atoms with Gasteiger partial charge >= 0.3 is 0 Å². The van der Waals surface area contributed by atoms with Crippen molar-refractivity contribution in [1.82, 2.24) is 0 Å². The molecule has 0 spiro atoms. The Bertz CT molecular complexity index is 730. The molecule has 0 saturated carbocycles. The number of nitrogens with zero attached hydrogens (tertiary/aromatic N) is 1. The molecule has 3 rings (SSSR count). The minimum atomic E-state index is -0.212. The Labute approximate surface area is 122 Å². The van der Waals surface area contributed by atoms with Crippen LogP contribution in [0.25, 0.3) is 0 Å². The summed E-state index contributed by atoms with van der Waals surface area (Å²) in [5.41, 5.74) is 4.74. The van der Waals surface area contributed by atoms with Crippen LogP contribution in [0.15, 0.2) is 41.4 Å². The lowest BCUT2D eigenvalue weighted by molar-refractivity contribution is -0.110. The van der Waals surface area contributed by atoms with Crippen LogP contribution in [0.5, 0.6) is 0 Å². The Morgan fingerprint density at radius 1 is 1.05 bits per heavy atom. The SMILES string of the molecule is Cc1cccc(C)c1N=C1C(=O)Nc2c(Cl)cccc21. The largest absolute Gasteiger partial charge is 0.319 e. The van der Waals surface area contributed by atoms with Crippen molar-refractivity contribution in [2.24, 2.45) is 4.99 Å². The van der Waals surface area contributed by atoms with Gasteiger partial charge in [-0.25, -0.2) is 4.99 Å². The molecule has 0 unspecified atom stereocenters. The number of nitrogens with one attached hydrogen (secondary N) is 1. The number of halogens is 1. The first-order valence-electron chi connectivity index (χ1n) is 6.33. The number of hydrogen-bond donors (Lipinski definition) is 1. The molecule has 1 amide bonds. The lowest BCUT2D eigenvalue weighted by Crippen LogP contribution is -2.14. The molecule has 3 nitrogen and oxygen atoms in total. The van der Waals surface area contributed by atoms with E-state index in [1.807, 2.05) is 44.2 Å². The van der Waals surface area contributed by atoms with E-state index in [4.69, 9.17) is 11.6 Å². The maximum absolute atomic E-state index is 12.1. The van der Waals surface area contributed by atoms with Gasteiger partial charge < -0.3 is 5.32 Å². The lowest BCUT2D eigenvalue weighted by Gasteiger charge is -2.05. The molecule has 0 saturated heterocycles. The molecule has 0 aromatic heterocycles. The van der Waals surface area contributed by atoms with Crippen molar-refractivity contribution in [3.63, 3.8) is 0 Å². The number of benzene rings is 2. The van der Waals surface area contributed by atoms with Crippen molar-refractivity contribution < 1.29 is 4.79 Å². The second-order valence-electron chi connectivity index (χ2n) is 4.82. The molecule has 0 aliphatic carbocycles. The van der Waals surface area contributed by atoms with Gasteiger partial charge in [0, 0.05) is 5.56 Å². The highest BCUT2D eigenvalue weighted by Crippen LogP contribution is 2.33. The normalized spacial score (nSPS) is 15.3. The highest BCUT2D eigenvalue weighted by molar-refractivity contribution is 6.55. The van der Waals surface area contributed by atoms with E-state index < -0.39 is 0 Å². The maximum Gasteiger partial charge on any atom is 0.275 e. The monoisotopic (exact) mass is 284 g/mol. The summed E-state index contributed by atoms with van der Waals surface area (Å²) in [5, 5.41) is 3.30. The first-order chi connectivity index (χ1) is 9.58. The molecule has 1 aliphatic heterocycles. The van der Waals surface area contributed by atoms with Crippen LogP contribution >= 0.6 is 11.6 Å². The van der Waals surface area contributed by atoms with Gasteiger partial charge in [-0.05, 0) is 31.0 Å². The second kappa shape index (κ2) is 4.76. The standard InChI is InChI=1S/C16H13ClN2O/c1-9-5-3-6-10(2)13(9)18-15-11-7-4-8-12(17)14(11)19-16(15)20/h3-8H,1-2H3,(H,18,19,20). The molecule has 100 valence electrons. The molecule has 0 bridgehead atoms. The molecule has 1 heterocycles. The lowest BCUT2D eigenvalue weighted by atomic mass is 10.1. The molecular formula is C16H13ClN2O. The third-order valence-electron chi connectivity index (χ3n) is 3.39. The molecule has 2 aromatic rings. The van der Waals surface area contributed by atoms with E-state index in [1.165, 1.54) is 0 Å². The smallest absolute Gasteiger partial charge is 0.275 e. The van der Waals surface area contributed by atoms with E-state index in [2.05, 4.69) is 10.3 Å². The first kappa shape index (κ1) is 12.9. The van der Waals surface area contributed by atoms with Gasteiger partial charge in [0.25, 0.3) is 5.91 Å². The van der Waals surface area contributed by atoms with E-state index in [9.17, 15) is 4.79 Å². The van der Waals surface area contributed by atoms with Crippen LogP contribution in [0.2, 0.25) is 5.02 Å². The van der Waals surface area contributed by atoms with Gasteiger partial charge in [-0.15, -0.1) is 0 Å². The van der Waals surface area contributed by atoms with E-state index in [0.29, 0.717) is 16.4 Å². The van der Waals surface area contributed by atoms with Gasteiger partial charge in [0.15, 0.2) is 0 Å². The Balaban J connectivity index is 2.19. The third-order valence-corrected chi connectivity index (χ3v) is 3.70.